The minimum Gasteiger partial charge on any atom is -0.100 e. The first kappa shape index (κ1) is 21.7. The van der Waals surface area contributed by atoms with E-state index < -0.39 is 0 Å². The van der Waals surface area contributed by atoms with Gasteiger partial charge in [0.25, 0.3) is 0 Å². The lowest BCUT2D eigenvalue weighted by Gasteiger charge is -1.69. The highest BCUT2D eigenvalue weighted by molar-refractivity contribution is 4.99. The van der Waals surface area contributed by atoms with Gasteiger partial charge in [0, 0.05) is 0 Å². The quantitative estimate of drug-likeness (QED) is 0.462. The van der Waals surface area contributed by atoms with Crippen LogP contribution in [0.4, 0.5) is 0 Å². The van der Waals surface area contributed by atoms with Gasteiger partial charge < -0.3 is 0 Å². The van der Waals surface area contributed by atoms with Crippen molar-refractivity contribution in [2.75, 3.05) is 0 Å². The normalized spacial score (nSPS) is 7.00. The van der Waals surface area contributed by atoms with Gasteiger partial charge in [-0.2, -0.15) is 0 Å². The third-order valence-electron chi connectivity index (χ3n) is 0.667. The van der Waals surface area contributed by atoms with Crippen molar-refractivity contribution in [3.8, 4) is 0 Å². The molecule has 0 atom stereocenters. The summed E-state index contributed by atoms with van der Waals surface area (Å²) >= 11 is 0. The number of hydrogen-bond donors (Lipinski definition) is 0. The Morgan fingerprint density at radius 1 is 0.444 bits per heavy atom. The molecule has 0 heterocycles. The minimum absolute atomic E-state index is 1.17. The molecular formula is C18H30. The highest BCUT2D eigenvalue weighted by atomic mass is 13.6. The van der Waals surface area contributed by atoms with E-state index in [-0.39, 0.29) is 0 Å². The zero-order chi connectivity index (χ0) is 15.0. The highest BCUT2D eigenvalue weighted by Gasteiger charge is 1.57. The van der Waals surface area contributed by atoms with Gasteiger partial charge in [-0.15, -0.1) is 19.7 Å². The van der Waals surface area contributed by atoms with Crippen LogP contribution in [0.3, 0.4) is 0 Å². The molecule has 0 unspecified atom stereocenters. The Balaban J connectivity index is -0.000000171. The summed E-state index contributed by atoms with van der Waals surface area (Å²) in [7, 11) is 0. The Labute approximate surface area is 115 Å². The summed E-state index contributed by atoms with van der Waals surface area (Å²) in [5, 5.41) is 0. The summed E-state index contributed by atoms with van der Waals surface area (Å²) in [5.41, 5.74) is 3.50. The molecule has 0 spiro atoms. The maximum absolute atomic E-state index is 3.56. The molecule has 0 aliphatic carbocycles. The first-order valence-electron chi connectivity index (χ1n) is 6.06. The molecule has 1 rings (SSSR count). The maximum Gasteiger partial charge on any atom is -0.0445 e. The molecule has 0 fully saturated rings. The molecule has 0 nitrogen and oxygen atoms in total. The fourth-order valence-corrected chi connectivity index (χ4v) is 0.385. The van der Waals surface area contributed by atoms with Gasteiger partial charge in [-0.05, 0) is 41.5 Å². The van der Waals surface area contributed by atoms with E-state index >= 15 is 0 Å². The Hall–Kier alpha value is -1.56. The Kier molecular flexibility index (Phi) is 21.5. The van der Waals surface area contributed by atoms with Crippen molar-refractivity contribution in [2.24, 2.45) is 0 Å². The largest absolute Gasteiger partial charge is 0.100 e. The fourth-order valence-electron chi connectivity index (χ4n) is 0.385. The lowest BCUT2D eigenvalue weighted by atomic mass is 10.4. The van der Waals surface area contributed by atoms with Crippen LogP contribution in [0.15, 0.2) is 72.9 Å². The summed E-state index contributed by atoms with van der Waals surface area (Å²) in [6.07, 6.45) is 0. The van der Waals surface area contributed by atoms with Crippen molar-refractivity contribution >= 4 is 0 Å². The van der Waals surface area contributed by atoms with Gasteiger partial charge in [-0.1, -0.05) is 53.1 Å². The number of rotatable bonds is 0. The monoisotopic (exact) mass is 246 g/mol. The molecule has 102 valence electrons. The minimum atomic E-state index is 1.17. The molecule has 0 radical (unpaired) electrons. The van der Waals surface area contributed by atoms with Gasteiger partial charge >= 0.3 is 0 Å². The average molecular weight is 246 g/mol. The number of hydrogen-bond acceptors (Lipinski definition) is 0. The number of benzene rings is 1. The third-order valence-corrected chi connectivity index (χ3v) is 0.667. The first-order valence-corrected chi connectivity index (χ1v) is 6.06. The van der Waals surface area contributed by atoms with Crippen molar-refractivity contribution in [1.82, 2.24) is 0 Å². The standard InChI is InChI=1S/C6H6.3C4H8/c1-2-4-6-5-3-1;3*1-4(2)3/h1-6H;3*1H2,2-3H3. The molecular weight excluding hydrogens is 216 g/mol. The van der Waals surface area contributed by atoms with Crippen LogP contribution in [-0.4, -0.2) is 0 Å². The molecule has 0 amide bonds. The molecule has 1 aromatic rings. The Morgan fingerprint density at radius 3 is 0.556 bits per heavy atom. The van der Waals surface area contributed by atoms with E-state index in [9.17, 15) is 0 Å². The van der Waals surface area contributed by atoms with E-state index in [0.29, 0.717) is 0 Å². The topological polar surface area (TPSA) is 0 Å². The summed E-state index contributed by atoms with van der Waals surface area (Å²) in [6, 6.07) is 12.0. The first-order chi connectivity index (χ1) is 8.20. The Morgan fingerprint density at radius 2 is 0.500 bits per heavy atom. The predicted molar refractivity (Wildman–Crippen MR) is 87.9 cm³/mol. The van der Waals surface area contributed by atoms with Crippen molar-refractivity contribution in [3.05, 3.63) is 72.9 Å². The predicted octanol–water partition coefficient (Wildman–Crippen LogP) is 6.43. The maximum atomic E-state index is 3.56. The summed E-state index contributed by atoms with van der Waals surface area (Å²) in [4.78, 5) is 0. The Bertz CT molecular complexity index is 237. The van der Waals surface area contributed by atoms with E-state index in [0.717, 1.165) is 0 Å². The SMILES string of the molecule is C=C(C)C.C=C(C)C.C=C(C)C.c1ccccc1. The van der Waals surface area contributed by atoms with Gasteiger partial charge in [0.05, 0.1) is 0 Å². The molecule has 0 saturated carbocycles. The molecule has 0 bridgehead atoms. The van der Waals surface area contributed by atoms with E-state index in [1.165, 1.54) is 16.7 Å². The lowest BCUT2D eigenvalue weighted by molar-refractivity contribution is 1.42. The van der Waals surface area contributed by atoms with Crippen LogP contribution in [0, 0.1) is 0 Å². The number of allylic oxidation sites excluding steroid dienone is 3. The van der Waals surface area contributed by atoms with Crippen LogP contribution in [-0.2, 0) is 0 Å². The van der Waals surface area contributed by atoms with Crippen LogP contribution in [0.25, 0.3) is 0 Å². The molecule has 0 aliphatic rings. The van der Waals surface area contributed by atoms with Crippen molar-refractivity contribution in [3.63, 3.8) is 0 Å². The smallest absolute Gasteiger partial charge is 0.0445 e. The lowest BCUT2D eigenvalue weighted by Crippen LogP contribution is -1.47. The van der Waals surface area contributed by atoms with E-state index in [1.54, 1.807) is 0 Å². The fraction of sp³-hybridized carbons (Fsp3) is 0.333. The van der Waals surface area contributed by atoms with Crippen molar-refractivity contribution < 1.29 is 0 Å². The zero-order valence-corrected chi connectivity index (χ0v) is 13.1. The van der Waals surface area contributed by atoms with E-state index in [4.69, 9.17) is 0 Å². The summed E-state index contributed by atoms with van der Waals surface area (Å²) in [6.45, 7) is 22.5. The van der Waals surface area contributed by atoms with Gasteiger partial charge in [-0.25, -0.2) is 0 Å². The molecule has 0 aromatic heterocycles. The highest BCUT2D eigenvalue weighted by Crippen LogP contribution is 1.80. The van der Waals surface area contributed by atoms with Crippen molar-refractivity contribution in [2.45, 2.75) is 41.5 Å². The third kappa shape index (κ3) is 132. The van der Waals surface area contributed by atoms with Crippen molar-refractivity contribution in [1.29, 1.82) is 0 Å². The molecule has 0 N–H and O–H groups in total. The average Bonchev–Trinajstić information content (AvgIpc) is 2.17. The summed E-state index contributed by atoms with van der Waals surface area (Å²) in [5.74, 6) is 0. The second-order valence-electron chi connectivity index (χ2n) is 4.78. The van der Waals surface area contributed by atoms with Gasteiger partial charge in [-0.3, -0.25) is 0 Å². The van der Waals surface area contributed by atoms with E-state index in [2.05, 4.69) is 19.7 Å². The van der Waals surface area contributed by atoms with Crippen LogP contribution in [0.5, 0.6) is 0 Å². The second kappa shape index (κ2) is 17.8. The van der Waals surface area contributed by atoms with Crippen LogP contribution in [0.1, 0.15) is 41.5 Å². The van der Waals surface area contributed by atoms with E-state index in [1.807, 2.05) is 77.9 Å². The van der Waals surface area contributed by atoms with Crippen LogP contribution in [0.2, 0.25) is 0 Å². The molecule has 1 aromatic carbocycles. The molecule has 18 heavy (non-hydrogen) atoms. The summed E-state index contributed by atoms with van der Waals surface area (Å²) < 4.78 is 0. The molecule has 0 saturated heterocycles. The molecule has 0 aliphatic heterocycles. The van der Waals surface area contributed by atoms with Gasteiger partial charge in [0.2, 0.25) is 0 Å². The second-order valence-corrected chi connectivity index (χ2v) is 4.78. The van der Waals surface area contributed by atoms with Gasteiger partial charge in [0.15, 0.2) is 0 Å². The molecule has 0 heteroatoms. The van der Waals surface area contributed by atoms with Crippen LogP contribution < -0.4 is 0 Å². The van der Waals surface area contributed by atoms with Crippen LogP contribution >= 0.6 is 0 Å². The van der Waals surface area contributed by atoms with Gasteiger partial charge in [0.1, 0.15) is 0 Å². The zero-order valence-electron chi connectivity index (χ0n) is 13.1.